The quantitative estimate of drug-likeness (QED) is 0.885. The predicted octanol–water partition coefficient (Wildman–Crippen LogP) is 3.13. The van der Waals surface area contributed by atoms with Crippen molar-refractivity contribution in [3.63, 3.8) is 0 Å². The van der Waals surface area contributed by atoms with Crippen molar-refractivity contribution in [2.24, 2.45) is 5.73 Å². The standard InChI is InChI=1S/C16H27N3/c1-3-14(17)12-13-8-7-11-18-16(13)19(2)15-9-5-4-6-10-15/h7-8,11,14-15H,3-6,9-10,12,17H2,1-2H3. The minimum absolute atomic E-state index is 0.239. The summed E-state index contributed by atoms with van der Waals surface area (Å²) in [5.41, 5.74) is 7.40. The molecule has 1 saturated carbocycles. The minimum atomic E-state index is 0.239. The van der Waals surface area contributed by atoms with Crippen molar-refractivity contribution in [3.05, 3.63) is 23.9 Å². The van der Waals surface area contributed by atoms with E-state index >= 15 is 0 Å². The Kier molecular flexibility index (Phi) is 5.20. The lowest BCUT2D eigenvalue weighted by Crippen LogP contribution is -2.35. The van der Waals surface area contributed by atoms with Gasteiger partial charge in [0.15, 0.2) is 0 Å². The van der Waals surface area contributed by atoms with E-state index < -0.39 is 0 Å². The average molecular weight is 261 g/mol. The van der Waals surface area contributed by atoms with Gasteiger partial charge in [-0.1, -0.05) is 32.3 Å². The van der Waals surface area contributed by atoms with Crippen LogP contribution in [0.1, 0.15) is 51.0 Å². The molecular formula is C16H27N3. The number of rotatable bonds is 5. The average Bonchev–Trinajstić information content (AvgIpc) is 2.48. The number of nitrogens with two attached hydrogens (primary N) is 1. The second kappa shape index (κ2) is 6.90. The fraction of sp³-hybridized carbons (Fsp3) is 0.688. The molecule has 0 aromatic carbocycles. The van der Waals surface area contributed by atoms with Crippen LogP contribution in [-0.4, -0.2) is 24.1 Å². The van der Waals surface area contributed by atoms with E-state index in [1.54, 1.807) is 0 Å². The maximum absolute atomic E-state index is 6.11. The highest BCUT2D eigenvalue weighted by molar-refractivity contribution is 5.47. The SMILES string of the molecule is CCC(N)Cc1cccnc1N(C)C1CCCCC1. The van der Waals surface area contributed by atoms with Crippen LogP contribution >= 0.6 is 0 Å². The van der Waals surface area contributed by atoms with Crippen LogP contribution in [0.4, 0.5) is 5.82 Å². The third kappa shape index (κ3) is 3.69. The molecule has 1 atom stereocenters. The van der Waals surface area contributed by atoms with Crippen LogP contribution in [0.3, 0.4) is 0 Å². The first-order valence-corrected chi connectivity index (χ1v) is 7.64. The highest BCUT2D eigenvalue weighted by Gasteiger charge is 2.21. The summed E-state index contributed by atoms with van der Waals surface area (Å²) in [6, 6.07) is 5.09. The topological polar surface area (TPSA) is 42.1 Å². The Morgan fingerprint density at radius 1 is 1.37 bits per heavy atom. The number of hydrogen-bond acceptors (Lipinski definition) is 3. The van der Waals surface area contributed by atoms with E-state index in [-0.39, 0.29) is 6.04 Å². The van der Waals surface area contributed by atoms with Crippen LogP contribution in [0.5, 0.6) is 0 Å². The van der Waals surface area contributed by atoms with Gasteiger partial charge in [-0.3, -0.25) is 0 Å². The lowest BCUT2D eigenvalue weighted by molar-refractivity contribution is 0.425. The van der Waals surface area contributed by atoms with Gasteiger partial charge < -0.3 is 10.6 Å². The lowest BCUT2D eigenvalue weighted by atomic mass is 9.94. The minimum Gasteiger partial charge on any atom is -0.356 e. The third-order valence-electron chi connectivity index (χ3n) is 4.33. The molecule has 1 fully saturated rings. The molecule has 1 heterocycles. The summed E-state index contributed by atoms with van der Waals surface area (Å²) >= 11 is 0. The van der Waals surface area contributed by atoms with Gasteiger partial charge >= 0.3 is 0 Å². The molecule has 19 heavy (non-hydrogen) atoms. The first-order chi connectivity index (χ1) is 9.22. The number of nitrogens with zero attached hydrogens (tertiary/aromatic N) is 2. The number of hydrogen-bond donors (Lipinski definition) is 1. The maximum Gasteiger partial charge on any atom is 0.131 e. The number of aromatic nitrogens is 1. The molecule has 0 saturated heterocycles. The molecule has 1 aliphatic carbocycles. The van der Waals surface area contributed by atoms with Gasteiger partial charge in [-0.25, -0.2) is 4.98 Å². The van der Waals surface area contributed by atoms with Crippen molar-refractivity contribution in [1.29, 1.82) is 0 Å². The van der Waals surface area contributed by atoms with Crippen molar-refractivity contribution < 1.29 is 0 Å². The monoisotopic (exact) mass is 261 g/mol. The van der Waals surface area contributed by atoms with E-state index in [0.717, 1.165) is 18.7 Å². The van der Waals surface area contributed by atoms with E-state index in [1.807, 2.05) is 12.3 Å². The van der Waals surface area contributed by atoms with Crippen molar-refractivity contribution in [2.45, 2.75) is 64.0 Å². The van der Waals surface area contributed by atoms with Crippen LogP contribution in [0, 0.1) is 0 Å². The Morgan fingerprint density at radius 2 is 2.11 bits per heavy atom. The van der Waals surface area contributed by atoms with Crippen molar-refractivity contribution >= 4 is 5.82 Å². The Balaban J connectivity index is 2.13. The summed E-state index contributed by atoms with van der Waals surface area (Å²) in [4.78, 5) is 7.00. The first-order valence-electron chi connectivity index (χ1n) is 7.64. The summed E-state index contributed by atoms with van der Waals surface area (Å²) < 4.78 is 0. The lowest BCUT2D eigenvalue weighted by Gasteiger charge is -2.33. The van der Waals surface area contributed by atoms with Crippen LogP contribution in [0.15, 0.2) is 18.3 Å². The summed E-state index contributed by atoms with van der Waals surface area (Å²) in [6.45, 7) is 2.14. The fourth-order valence-corrected chi connectivity index (χ4v) is 2.98. The Hall–Kier alpha value is -1.09. The predicted molar refractivity (Wildman–Crippen MR) is 81.5 cm³/mol. The Morgan fingerprint density at radius 3 is 2.79 bits per heavy atom. The molecule has 3 nitrogen and oxygen atoms in total. The highest BCUT2D eigenvalue weighted by atomic mass is 15.2. The summed E-state index contributed by atoms with van der Waals surface area (Å²) in [5.74, 6) is 1.14. The van der Waals surface area contributed by atoms with Gasteiger partial charge in [-0.05, 0) is 37.3 Å². The van der Waals surface area contributed by atoms with Gasteiger partial charge in [0, 0.05) is 25.3 Å². The van der Waals surface area contributed by atoms with Crippen molar-refractivity contribution in [3.8, 4) is 0 Å². The highest BCUT2D eigenvalue weighted by Crippen LogP contribution is 2.27. The Labute approximate surface area is 117 Å². The van der Waals surface area contributed by atoms with Crippen LogP contribution < -0.4 is 10.6 Å². The van der Waals surface area contributed by atoms with E-state index in [1.165, 1.54) is 37.7 Å². The summed E-state index contributed by atoms with van der Waals surface area (Å²) in [5, 5.41) is 0. The second-order valence-electron chi connectivity index (χ2n) is 5.76. The number of pyridine rings is 1. The molecule has 1 aromatic heterocycles. The molecule has 0 aliphatic heterocycles. The van der Waals surface area contributed by atoms with Crippen LogP contribution in [0.2, 0.25) is 0 Å². The molecule has 1 aliphatic rings. The molecular weight excluding hydrogens is 234 g/mol. The molecule has 0 radical (unpaired) electrons. The van der Waals surface area contributed by atoms with E-state index in [0.29, 0.717) is 6.04 Å². The molecule has 3 heteroatoms. The van der Waals surface area contributed by atoms with Crippen LogP contribution in [0.25, 0.3) is 0 Å². The van der Waals surface area contributed by atoms with E-state index in [2.05, 4.69) is 29.9 Å². The molecule has 1 aromatic rings. The van der Waals surface area contributed by atoms with E-state index in [9.17, 15) is 0 Å². The smallest absolute Gasteiger partial charge is 0.131 e. The Bertz CT molecular complexity index is 385. The molecule has 1 unspecified atom stereocenters. The summed E-state index contributed by atoms with van der Waals surface area (Å²) in [7, 11) is 2.19. The first kappa shape index (κ1) is 14.3. The molecule has 106 valence electrons. The molecule has 0 amide bonds. The molecule has 2 rings (SSSR count). The number of anilines is 1. The second-order valence-corrected chi connectivity index (χ2v) is 5.76. The van der Waals surface area contributed by atoms with Gasteiger partial charge in [-0.2, -0.15) is 0 Å². The normalized spacial score (nSPS) is 18.3. The fourth-order valence-electron chi connectivity index (χ4n) is 2.98. The van der Waals surface area contributed by atoms with Gasteiger partial charge in [-0.15, -0.1) is 0 Å². The molecule has 0 spiro atoms. The zero-order chi connectivity index (χ0) is 13.7. The largest absolute Gasteiger partial charge is 0.356 e. The maximum atomic E-state index is 6.11. The van der Waals surface area contributed by atoms with Gasteiger partial charge in [0.1, 0.15) is 5.82 Å². The van der Waals surface area contributed by atoms with Crippen molar-refractivity contribution in [1.82, 2.24) is 4.98 Å². The molecule has 0 bridgehead atoms. The van der Waals surface area contributed by atoms with Crippen LogP contribution in [-0.2, 0) is 6.42 Å². The van der Waals surface area contributed by atoms with Crippen molar-refractivity contribution in [2.75, 3.05) is 11.9 Å². The zero-order valence-corrected chi connectivity index (χ0v) is 12.3. The van der Waals surface area contributed by atoms with Gasteiger partial charge in [0.2, 0.25) is 0 Å². The molecule has 2 N–H and O–H groups in total. The third-order valence-corrected chi connectivity index (χ3v) is 4.33. The van der Waals surface area contributed by atoms with Gasteiger partial charge in [0.25, 0.3) is 0 Å². The van der Waals surface area contributed by atoms with Gasteiger partial charge in [0.05, 0.1) is 0 Å². The zero-order valence-electron chi connectivity index (χ0n) is 12.3. The van der Waals surface area contributed by atoms with E-state index in [4.69, 9.17) is 5.73 Å². The summed E-state index contributed by atoms with van der Waals surface area (Å²) in [6.07, 6.45) is 10.5.